The molecule has 0 aliphatic heterocycles. The fourth-order valence-corrected chi connectivity index (χ4v) is 1.43. The predicted molar refractivity (Wildman–Crippen MR) is 66.5 cm³/mol. The highest BCUT2D eigenvalue weighted by molar-refractivity contribution is 5.31. The van der Waals surface area contributed by atoms with Gasteiger partial charge in [0.25, 0.3) is 0 Å². The normalized spacial score (nSPS) is 12.4. The molecule has 0 amide bonds. The molecule has 5 nitrogen and oxygen atoms in total. The van der Waals surface area contributed by atoms with Gasteiger partial charge in [0, 0.05) is 7.11 Å². The number of hydrogen-bond donors (Lipinski definition) is 2. The first-order valence-electron chi connectivity index (χ1n) is 6.04. The van der Waals surface area contributed by atoms with Crippen molar-refractivity contribution in [2.24, 2.45) is 0 Å². The van der Waals surface area contributed by atoms with Crippen molar-refractivity contribution in [2.45, 2.75) is 12.7 Å². The van der Waals surface area contributed by atoms with E-state index in [9.17, 15) is 13.9 Å². The van der Waals surface area contributed by atoms with Gasteiger partial charge in [-0.15, -0.1) is 0 Å². The van der Waals surface area contributed by atoms with E-state index in [4.69, 9.17) is 19.3 Å². The monoisotopic (exact) mass is 292 g/mol. The van der Waals surface area contributed by atoms with Crippen LogP contribution in [0.2, 0.25) is 0 Å². The highest BCUT2D eigenvalue weighted by Crippen LogP contribution is 2.23. The summed E-state index contributed by atoms with van der Waals surface area (Å²) < 4.78 is 41.7. The fourth-order valence-electron chi connectivity index (χ4n) is 1.43. The summed E-state index contributed by atoms with van der Waals surface area (Å²) in [4.78, 5) is 0. The standard InChI is InChI=1S/C13H18F2O5/c1-18-2-3-19-7-10(17)8-20-13-11(14)4-9(6-16)5-12(13)15/h4-5,10,16-17H,2-3,6-8H2,1H3. The minimum Gasteiger partial charge on any atom is -0.485 e. The molecular weight excluding hydrogens is 274 g/mol. The van der Waals surface area contributed by atoms with Gasteiger partial charge in [-0.25, -0.2) is 8.78 Å². The number of aliphatic hydroxyl groups excluding tert-OH is 2. The van der Waals surface area contributed by atoms with Crippen LogP contribution in [0.1, 0.15) is 5.56 Å². The second-order valence-corrected chi connectivity index (χ2v) is 4.08. The summed E-state index contributed by atoms with van der Waals surface area (Å²) in [7, 11) is 1.52. The molecule has 0 fully saturated rings. The van der Waals surface area contributed by atoms with E-state index in [-0.39, 0.29) is 18.8 Å². The molecule has 0 aliphatic rings. The van der Waals surface area contributed by atoms with Crippen LogP contribution in [-0.4, -0.2) is 49.9 Å². The van der Waals surface area contributed by atoms with Gasteiger partial charge in [-0.3, -0.25) is 0 Å². The van der Waals surface area contributed by atoms with Crippen LogP contribution in [0.25, 0.3) is 0 Å². The molecule has 1 rings (SSSR count). The molecule has 0 saturated carbocycles. The first kappa shape index (κ1) is 16.8. The Labute approximate surface area is 115 Å². The number of halogens is 2. The molecular formula is C13H18F2O5. The first-order valence-corrected chi connectivity index (χ1v) is 6.04. The molecule has 0 aliphatic carbocycles. The van der Waals surface area contributed by atoms with Crippen LogP contribution >= 0.6 is 0 Å². The van der Waals surface area contributed by atoms with Crippen molar-refractivity contribution in [1.82, 2.24) is 0 Å². The van der Waals surface area contributed by atoms with Crippen molar-refractivity contribution in [1.29, 1.82) is 0 Å². The van der Waals surface area contributed by atoms with Gasteiger partial charge in [-0.1, -0.05) is 0 Å². The van der Waals surface area contributed by atoms with E-state index in [2.05, 4.69) is 0 Å². The maximum Gasteiger partial charge on any atom is 0.190 e. The Hall–Kier alpha value is -1.28. The molecule has 114 valence electrons. The lowest BCUT2D eigenvalue weighted by Crippen LogP contribution is -2.24. The van der Waals surface area contributed by atoms with E-state index in [1.807, 2.05) is 0 Å². The average molecular weight is 292 g/mol. The molecule has 1 aromatic rings. The Morgan fingerprint density at radius 2 is 1.80 bits per heavy atom. The third-order valence-corrected chi connectivity index (χ3v) is 2.40. The van der Waals surface area contributed by atoms with Crippen molar-refractivity contribution >= 4 is 0 Å². The SMILES string of the molecule is COCCOCC(O)COc1c(F)cc(CO)cc1F. The lowest BCUT2D eigenvalue weighted by molar-refractivity contribution is -0.00524. The second kappa shape index (κ2) is 8.80. The van der Waals surface area contributed by atoms with Gasteiger partial charge in [0.1, 0.15) is 12.7 Å². The highest BCUT2D eigenvalue weighted by Gasteiger charge is 2.14. The molecule has 0 heterocycles. The van der Waals surface area contributed by atoms with Crippen LogP contribution in [0.5, 0.6) is 5.75 Å². The number of methoxy groups -OCH3 is 1. The van der Waals surface area contributed by atoms with Crippen molar-refractivity contribution < 1.29 is 33.2 Å². The quantitative estimate of drug-likeness (QED) is 0.661. The zero-order valence-corrected chi connectivity index (χ0v) is 11.1. The largest absolute Gasteiger partial charge is 0.485 e. The van der Waals surface area contributed by atoms with Crippen molar-refractivity contribution in [2.75, 3.05) is 33.5 Å². The second-order valence-electron chi connectivity index (χ2n) is 4.08. The van der Waals surface area contributed by atoms with E-state index in [1.54, 1.807) is 0 Å². The van der Waals surface area contributed by atoms with Crippen LogP contribution < -0.4 is 4.74 Å². The van der Waals surface area contributed by atoms with Crippen molar-refractivity contribution in [3.63, 3.8) is 0 Å². The molecule has 0 spiro atoms. The highest BCUT2D eigenvalue weighted by atomic mass is 19.1. The number of rotatable bonds is 9. The zero-order valence-electron chi connectivity index (χ0n) is 11.1. The van der Waals surface area contributed by atoms with Crippen LogP contribution in [0.3, 0.4) is 0 Å². The maximum atomic E-state index is 13.5. The lowest BCUT2D eigenvalue weighted by Gasteiger charge is -2.14. The molecule has 1 unspecified atom stereocenters. The van der Waals surface area contributed by atoms with Gasteiger partial charge in [-0.05, 0) is 17.7 Å². The van der Waals surface area contributed by atoms with Crippen LogP contribution in [-0.2, 0) is 16.1 Å². The summed E-state index contributed by atoms with van der Waals surface area (Å²) in [5.41, 5.74) is 0.107. The predicted octanol–water partition coefficient (Wildman–Crippen LogP) is 0.860. The third kappa shape index (κ3) is 5.38. The van der Waals surface area contributed by atoms with Crippen LogP contribution in [0.15, 0.2) is 12.1 Å². The zero-order chi connectivity index (χ0) is 15.0. The number of aliphatic hydroxyl groups is 2. The van der Waals surface area contributed by atoms with Crippen molar-refractivity contribution in [3.8, 4) is 5.75 Å². The molecule has 1 atom stereocenters. The first-order chi connectivity index (χ1) is 9.58. The van der Waals surface area contributed by atoms with Crippen LogP contribution in [0.4, 0.5) is 8.78 Å². The van der Waals surface area contributed by atoms with Gasteiger partial charge >= 0.3 is 0 Å². The van der Waals surface area contributed by atoms with Gasteiger partial charge in [0.2, 0.25) is 0 Å². The summed E-state index contributed by atoms with van der Waals surface area (Å²) in [6, 6.07) is 1.94. The van der Waals surface area contributed by atoms with E-state index < -0.39 is 30.1 Å². The van der Waals surface area contributed by atoms with E-state index >= 15 is 0 Å². The summed E-state index contributed by atoms with van der Waals surface area (Å²) in [6.45, 7) is -0.106. The molecule has 20 heavy (non-hydrogen) atoms. The van der Waals surface area contributed by atoms with Crippen molar-refractivity contribution in [3.05, 3.63) is 29.3 Å². The smallest absolute Gasteiger partial charge is 0.190 e. The Morgan fingerprint density at radius 3 is 2.35 bits per heavy atom. The molecule has 7 heteroatoms. The summed E-state index contributed by atoms with van der Waals surface area (Å²) >= 11 is 0. The van der Waals surface area contributed by atoms with E-state index in [1.165, 1.54) is 7.11 Å². The van der Waals surface area contributed by atoms with Gasteiger partial charge in [0.15, 0.2) is 17.4 Å². The Morgan fingerprint density at radius 1 is 1.15 bits per heavy atom. The van der Waals surface area contributed by atoms with E-state index in [0.29, 0.717) is 13.2 Å². The number of ether oxygens (including phenoxy) is 3. The average Bonchev–Trinajstić information content (AvgIpc) is 2.42. The Kier molecular flexibility index (Phi) is 7.38. The molecule has 1 aromatic carbocycles. The molecule has 0 saturated heterocycles. The number of hydrogen-bond acceptors (Lipinski definition) is 5. The number of benzene rings is 1. The molecule has 2 N–H and O–H groups in total. The minimum atomic E-state index is -1.01. The van der Waals surface area contributed by atoms with Crippen LogP contribution in [0, 0.1) is 11.6 Å². The van der Waals surface area contributed by atoms with Gasteiger partial charge in [-0.2, -0.15) is 0 Å². The molecule has 0 radical (unpaired) electrons. The summed E-state index contributed by atoms with van der Waals surface area (Å²) in [5, 5.41) is 18.3. The van der Waals surface area contributed by atoms with E-state index in [0.717, 1.165) is 12.1 Å². The maximum absolute atomic E-state index is 13.5. The third-order valence-electron chi connectivity index (χ3n) is 2.40. The Bertz CT molecular complexity index is 391. The minimum absolute atomic E-state index is 0.0265. The fraction of sp³-hybridized carbons (Fsp3) is 0.538. The van der Waals surface area contributed by atoms with Gasteiger partial charge in [0.05, 0.1) is 26.4 Å². The van der Waals surface area contributed by atoms with Gasteiger partial charge < -0.3 is 24.4 Å². The summed E-state index contributed by atoms with van der Waals surface area (Å²) in [5.74, 6) is -2.44. The molecule has 0 aromatic heterocycles. The summed E-state index contributed by atoms with van der Waals surface area (Å²) in [6.07, 6.45) is -1.01. The topological polar surface area (TPSA) is 68.2 Å². The Balaban J connectivity index is 2.45. The molecule has 0 bridgehead atoms. The lowest BCUT2D eigenvalue weighted by atomic mass is 10.2.